The fourth-order valence-corrected chi connectivity index (χ4v) is 2.15. The van der Waals surface area contributed by atoms with Gasteiger partial charge in [-0.25, -0.2) is 15.0 Å². The van der Waals surface area contributed by atoms with Crippen molar-refractivity contribution in [3.63, 3.8) is 0 Å². The number of H-pyrrole nitrogens is 1. The highest BCUT2D eigenvalue weighted by Crippen LogP contribution is 2.33. The van der Waals surface area contributed by atoms with Crippen molar-refractivity contribution in [1.29, 1.82) is 0 Å². The normalized spacial score (nSPS) is 12.2. The summed E-state index contributed by atoms with van der Waals surface area (Å²) in [5, 5.41) is 3.24. The van der Waals surface area contributed by atoms with Gasteiger partial charge < -0.3 is 10.3 Å². The Labute approximate surface area is 114 Å². The molecule has 1 aromatic heterocycles. The van der Waals surface area contributed by atoms with E-state index < -0.39 is 10.0 Å². The smallest absolute Gasteiger partial charge is 0.253 e. The standard InChI is InChI=1S/C14H19N3OS/c1-19(2,3)10-15-12-9-13(18)17-14(16-12)11-7-5-4-6-8-11/h4-9H,10H2,1-3H3,(H2,15,16,17,18). The fourth-order valence-electron chi connectivity index (χ4n) is 1.57. The quantitative estimate of drug-likeness (QED) is 0.902. The molecule has 0 amide bonds. The number of aromatic amines is 1. The second kappa shape index (κ2) is 5.48. The number of nitrogens with one attached hydrogen (secondary N) is 2. The van der Waals surface area contributed by atoms with Crippen LogP contribution in [0.2, 0.25) is 0 Å². The van der Waals surface area contributed by atoms with Crippen molar-refractivity contribution in [2.75, 3.05) is 30.0 Å². The average Bonchev–Trinajstić information content (AvgIpc) is 2.36. The summed E-state index contributed by atoms with van der Waals surface area (Å²) in [4.78, 5) is 18.9. The molecule has 1 heterocycles. The third kappa shape index (κ3) is 4.13. The van der Waals surface area contributed by atoms with Crippen LogP contribution in [0.4, 0.5) is 5.82 Å². The first-order valence-corrected chi connectivity index (χ1v) is 9.03. The maximum Gasteiger partial charge on any atom is 0.253 e. The Morgan fingerprint density at radius 3 is 2.53 bits per heavy atom. The van der Waals surface area contributed by atoms with E-state index in [0.717, 1.165) is 11.4 Å². The lowest BCUT2D eigenvalue weighted by atomic mass is 10.2. The minimum atomic E-state index is -0.676. The molecule has 2 aromatic rings. The van der Waals surface area contributed by atoms with Gasteiger partial charge in [0.05, 0.1) is 0 Å². The molecule has 0 unspecified atom stereocenters. The Bertz CT molecular complexity index is 602. The predicted molar refractivity (Wildman–Crippen MR) is 84.1 cm³/mol. The lowest BCUT2D eigenvalue weighted by Crippen LogP contribution is -2.14. The summed E-state index contributed by atoms with van der Waals surface area (Å²) in [5.74, 6) is 2.07. The van der Waals surface area contributed by atoms with Crippen molar-refractivity contribution in [3.05, 3.63) is 46.8 Å². The SMILES string of the molecule is CS(C)(C)CNc1cc(=O)[nH]c(-c2ccccc2)n1. The van der Waals surface area contributed by atoms with E-state index in [4.69, 9.17) is 0 Å². The van der Waals surface area contributed by atoms with Crippen LogP contribution in [0.15, 0.2) is 41.2 Å². The van der Waals surface area contributed by atoms with Crippen LogP contribution in [-0.4, -0.2) is 34.6 Å². The molecule has 4 nitrogen and oxygen atoms in total. The second-order valence-electron chi connectivity index (χ2n) is 5.26. The Kier molecular flexibility index (Phi) is 3.95. The third-order valence-electron chi connectivity index (χ3n) is 2.48. The molecule has 2 rings (SSSR count). The van der Waals surface area contributed by atoms with Gasteiger partial charge in [0.1, 0.15) is 11.6 Å². The molecule has 19 heavy (non-hydrogen) atoms. The van der Waals surface area contributed by atoms with Gasteiger partial charge >= 0.3 is 0 Å². The summed E-state index contributed by atoms with van der Waals surface area (Å²) < 4.78 is 0. The van der Waals surface area contributed by atoms with Gasteiger partial charge in [-0.05, 0) is 18.8 Å². The van der Waals surface area contributed by atoms with Gasteiger partial charge in [0.2, 0.25) is 0 Å². The summed E-state index contributed by atoms with van der Waals surface area (Å²) in [7, 11) is -0.676. The molecule has 0 spiro atoms. The van der Waals surface area contributed by atoms with Crippen LogP contribution in [0.25, 0.3) is 11.4 Å². The Morgan fingerprint density at radius 2 is 1.89 bits per heavy atom. The van der Waals surface area contributed by atoms with Crippen LogP contribution in [-0.2, 0) is 0 Å². The zero-order valence-electron chi connectivity index (χ0n) is 11.4. The Hall–Kier alpha value is -1.75. The van der Waals surface area contributed by atoms with E-state index in [1.807, 2.05) is 30.3 Å². The van der Waals surface area contributed by atoms with Crippen LogP contribution in [0.3, 0.4) is 0 Å². The van der Waals surface area contributed by atoms with E-state index in [-0.39, 0.29) is 5.56 Å². The summed E-state index contributed by atoms with van der Waals surface area (Å²) >= 11 is 0. The van der Waals surface area contributed by atoms with Gasteiger partial charge in [-0.3, -0.25) is 4.79 Å². The number of nitrogens with zero attached hydrogens (tertiary/aromatic N) is 1. The molecule has 0 saturated heterocycles. The largest absolute Gasteiger partial charge is 0.362 e. The van der Waals surface area contributed by atoms with Gasteiger partial charge in [0, 0.05) is 17.5 Å². The van der Waals surface area contributed by atoms with E-state index in [1.54, 1.807) is 0 Å². The number of aromatic nitrogens is 2. The number of hydrogen-bond donors (Lipinski definition) is 2. The van der Waals surface area contributed by atoms with E-state index in [9.17, 15) is 4.79 Å². The number of benzene rings is 1. The van der Waals surface area contributed by atoms with Gasteiger partial charge in [-0.1, -0.05) is 30.3 Å². The summed E-state index contributed by atoms with van der Waals surface area (Å²) in [5.41, 5.74) is 0.770. The zero-order valence-corrected chi connectivity index (χ0v) is 12.3. The molecule has 0 saturated carbocycles. The molecule has 1 aromatic carbocycles. The molecule has 0 aliphatic carbocycles. The van der Waals surface area contributed by atoms with Crippen molar-refractivity contribution in [2.45, 2.75) is 0 Å². The Morgan fingerprint density at radius 1 is 1.21 bits per heavy atom. The molecule has 0 aliphatic heterocycles. The van der Waals surface area contributed by atoms with Crippen molar-refractivity contribution in [2.24, 2.45) is 0 Å². The lowest BCUT2D eigenvalue weighted by molar-refractivity contribution is 1.12. The van der Waals surface area contributed by atoms with Gasteiger partial charge in [0.25, 0.3) is 5.56 Å². The molecular weight excluding hydrogens is 258 g/mol. The van der Waals surface area contributed by atoms with Gasteiger partial charge in [-0.2, -0.15) is 0 Å². The van der Waals surface area contributed by atoms with Crippen molar-refractivity contribution >= 4 is 15.8 Å². The first kappa shape index (κ1) is 13.7. The van der Waals surface area contributed by atoms with E-state index in [1.165, 1.54) is 6.07 Å². The zero-order chi connectivity index (χ0) is 13.9. The fraction of sp³-hybridized carbons (Fsp3) is 0.286. The molecule has 0 fully saturated rings. The molecule has 0 radical (unpaired) electrons. The second-order valence-corrected chi connectivity index (χ2v) is 9.73. The van der Waals surface area contributed by atoms with Crippen molar-refractivity contribution in [1.82, 2.24) is 9.97 Å². The van der Waals surface area contributed by atoms with E-state index in [2.05, 4.69) is 34.1 Å². The highest BCUT2D eigenvalue weighted by Gasteiger charge is 2.06. The number of rotatable bonds is 4. The van der Waals surface area contributed by atoms with E-state index in [0.29, 0.717) is 11.6 Å². The number of hydrogen-bond acceptors (Lipinski definition) is 3. The molecule has 102 valence electrons. The van der Waals surface area contributed by atoms with Crippen LogP contribution in [0.5, 0.6) is 0 Å². The molecule has 0 bridgehead atoms. The minimum Gasteiger partial charge on any atom is -0.362 e. The predicted octanol–water partition coefficient (Wildman–Crippen LogP) is 2.50. The first-order valence-electron chi connectivity index (χ1n) is 6.01. The molecule has 5 heteroatoms. The monoisotopic (exact) mass is 277 g/mol. The molecular formula is C14H19N3OS. The Balaban J connectivity index is 2.28. The van der Waals surface area contributed by atoms with Gasteiger partial charge in [-0.15, -0.1) is 0 Å². The van der Waals surface area contributed by atoms with Crippen molar-refractivity contribution < 1.29 is 0 Å². The maximum atomic E-state index is 11.7. The van der Waals surface area contributed by atoms with Crippen LogP contribution < -0.4 is 10.9 Å². The molecule has 0 atom stereocenters. The minimum absolute atomic E-state index is 0.139. The third-order valence-corrected chi connectivity index (χ3v) is 3.49. The van der Waals surface area contributed by atoms with E-state index >= 15 is 0 Å². The average molecular weight is 277 g/mol. The van der Waals surface area contributed by atoms with Crippen LogP contribution in [0, 0.1) is 0 Å². The summed E-state index contributed by atoms with van der Waals surface area (Å²) in [6, 6.07) is 11.1. The highest BCUT2D eigenvalue weighted by molar-refractivity contribution is 8.32. The van der Waals surface area contributed by atoms with Crippen molar-refractivity contribution in [3.8, 4) is 11.4 Å². The maximum absolute atomic E-state index is 11.7. The van der Waals surface area contributed by atoms with Crippen LogP contribution >= 0.6 is 10.0 Å². The highest BCUT2D eigenvalue weighted by atomic mass is 32.3. The lowest BCUT2D eigenvalue weighted by Gasteiger charge is -2.25. The molecule has 2 N–H and O–H groups in total. The molecule has 0 aliphatic rings. The number of anilines is 1. The topological polar surface area (TPSA) is 57.8 Å². The van der Waals surface area contributed by atoms with Gasteiger partial charge in [0.15, 0.2) is 0 Å². The first-order chi connectivity index (χ1) is 8.94. The summed E-state index contributed by atoms with van der Waals surface area (Å²) in [6.07, 6.45) is 6.64. The van der Waals surface area contributed by atoms with Crippen LogP contribution in [0.1, 0.15) is 0 Å². The summed E-state index contributed by atoms with van der Waals surface area (Å²) in [6.45, 7) is 0.